The second kappa shape index (κ2) is 3.86. The van der Waals surface area contributed by atoms with E-state index in [4.69, 9.17) is 5.26 Å². The predicted molar refractivity (Wildman–Crippen MR) is 64.8 cm³/mol. The van der Waals surface area contributed by atoms with E-state index in [1.807, 2.05) is 0 Å². The summed E-state index contributed by atoms with van der Waals surface area (Å²) in [5, 5.41) is 22.7. The van der Waals surface area contributed by atoms with E-state index in [0.717, 1.165) is 0 Å². The van der Waals surface area contributed by atoms with Crippen molar-refractivity contribution in [2.24, 2.45) is 0 Å². The number of benzene rings is 1. The molecule has 1 N–H and O–H groups in total. The Morgan fingerprint density at radius 3 is 2.89 bits per heavy atom. The third-order valence-corrected chi connectivity index (χ3v) is 2.59. The van der Waals surface area contributed by atoms with Gasteiger partial charge in [0.25, 0.3) is 0 Å². The molecule has 0 unspecified atom stereocenters. The topological polar surface area (TPSA) is 74.2 Å². The van der Waals surface area contributed by atoms with Crippen molar-refractivity contribution in [1.29, 1.82) is 5.26 Å². The van der Waals surface area contributed by atoms with Gasteiger partial charge in [0.1, 0.15) is 11.8 Å². The molecule has 0 fully saturated rings. The first kappa shape index (κ1) is 10.3. The van der Waals surface area contributed by atoms with Crippen molar-refractivity contribution in [3.63, 3.8) is 0 Å². The van der Waals surface area contributed by atoms with E-state index in [1.54, 1.807) is 47.1 Å². The van der Waals surface area contributed by atoms with Crippen LogP contribution in [0, 0.1) is 11.3 Å². The van der Waals surface area contributed by atoms with Crippen LogP contribution >= 0.6 is 0 Å². The molecular formula is C13H8N4O. The summed E-state index contributed by atoms with van der Waals surface area (Å²) in [6.45, 7) is 0. The van der Waals surface area contributed by atoms with Gasteiger partial charge in [-0.3, -0.25) is 0 Å². The number of aromatic hydroxyl groups is 1. The number of nitrogens with zero attached hydrogens (tertiary/aromatic N) is 4. The lowest BCUT2D eigenvalue weighted by atomic mass is 10.2. The van der Waals surface area contributed by atoms with Crippen LogP contribution in [0.5, 0.6) is 5.75 Å². The minimum absolute atomic E-state index is 0.159. The smallest absolute Gasteiger partial charge is 0.182 e. The molecule has 3 rings (SSSR count). The molecule has 0 aliphatic rings. The summed E-state index contributed by atoms with van der Waals surface area (Å²) < 4.78 is 1.55. The standard InChI is InChI=1S/C13H8N4O/c14-8-10-4-2-6-17-13(10)15-12(16-17)9-3-1-5-11(18)7-9/h1-7,18H. The van der Waals surface area contributed by atoms with Gasteiger partial charge >= 0.3 is 0 Å². The zero-order valence-electron chi connectivity index (χ0n) is 9.28. The Bertz CT molecular complexity index is 770. The van der Waals surface area contributed by atoms with E-state index in [2.05, 4.69) is 16.2 Å². The quantitative estimate of drug-likeness (QED) is 0.701. The predicted octanol–water partition coefficient (Wildman–Crippen LogP) is 1.97. The Kier molecular flexibility index (Phi) is 2.21. The normalized spacial score (nSPS) is 10.4. The molecular weight excluding hydrogens is 228 g/mol. The largest absolute Gasteiger partial charge is 0.508 e. The summed E-state index contributed by atoms with van der Waals surface area (Å²) in [5.74, 6) is 0.639. The van der Waals surface area contributed by atoms with Crippen LogP contribution < -0.4 is 0 Å². The third kappa shape index (κ3) is 1.57. The van der Waals surface area contributed by atoms with Gasteiger partial charge in [0.15, 0.2) is 11.5 Å². The Morgan fingerprint density at radius 1 is 1.22 bits per heavy atom. The average Bonchev–Trinajstić information content (AvgIpc) is 2.82. The van der Waals surface area contributed by atoms with Crippen LogP contribution in [0.25, 0.3) is 17.0 Å². The molecule has 0 saturated carbocycles. The van der Waals surface area contributed by atoms with Gasteiger partial charge in [-0.25, -0.2) is 9.50 Å². The SMILES string of the molecule is N#Cc1cccn2nc(-c3cccc(O)c3)nc12. The van der Waals surface area contributed by atoms with Crippen LogP contribution in [-0.2, 0) is 0 Å². The van der Waals surface area contributed by atoms with E-state index in [9.17, 15) is 5.11 Å². The number of aromatic nitrogens is 3. The van der Waals surface area contributed by atoms with Gasteiger partial charge in [0.05, 0.1) is 5.56 Å². The number of fused-ring (bicyclic) bond motifs is 1. The second-order valence-corrected chi connectivity index (χ2v) is 3.79. The van der Waals surface area contributed by atoms with Crippen molar-refractivity contribution in [1.82, 2.24) is 14.6 Å². The molecule has 0 aliphatic carbocycles. The minimum atomic E-state index is 0.159. The lowest BCUT2D eigenvalue weighted by molar-refractivity contribution is 0.475. The summed E-state index contributed by atoms with van der Waals surface area (Å²) >= 11 is 0. The molecule has 18 heavy (non-hydrogen) atoms. The van der Waals surface area contributed by atoms with Gasteiger partial charge in [0.2, 0.25) is 0 Å². The first-order valence-electron chi connectivity index (χ1n) is 5.33. The van der Waals surface area contributed by atoms with Crippen molar-refractivity contribution in [3.8, 4) is 23.2 Å². The fourth-order valence-corrected chi connectivity index (χ4v) is 1.76. The summed E-state index contributed by atoms with van der Waals surface area (Å²) in [6, 6.07) is 12.2. The lowest BCUT2D eigenvalue weighted by Crippen LogP contribution is -1.88. The molecule has 0 atom stereocenters. The molecule has 0 amide bonds. The Balaban J connectivity index is 2.23. The maximum absolute atomic E-state index is 9.44. The number of phenols is 1. The first-order valence-corrected chi connectivity index (χ1v) is 5.33. The Hall–Kier alpha value is -2.87. The minimum Gasteiger partial charge on any atom is -0.508 e. The fourth-order valence-electron chi connectivity index (χ4n) is 1.76. The number of rotatable bonds is 1. The maximum Gasteiger partial charge on any atom is 0.182 e. The molecule has 0 bridgehead atoms. The van der Waals surface area contributed by atoms with Gasteiger partial charge in [-0.05, 0) is 24.3 Å². The summed E-state index contributed by atoms with van der Waals surface area (Å²) in [4.78, 5) is 4.31. The molecule has 0 aliphatic heterocycles. The van der Waals surface area contributed by atoms with Crippen LogP contribution in [0.2, 0.25) is 0 Å². The van der Waals surface area contributed by atoms with Gasteiger partial charge in [-0.15, -0.1) is 5.10 Å². The lowest BCUT2D eigenvalue weighted by Gasteiger charge is -1.94. The molecule has 1 aromatic carbocycles. The van der Waals surface area contributed by atoms with E-state index in [0.29, 0.717) is 22.6 Å². The highest BCUT2D eigenvalue weighted by Gasteiger charge is 2.09. The first-order chi connectivity index (χ1) is 8.78. The highest BCUT2D eigenvalue weighted by Crippen LogP contribution is 2.21. The van der Waals surface area contributed by atoms with Gasteiger partial charge < -0.3 is 5.11 Å². The van der Waals surface area contributed by atoms with Gasteiger partial charge in [-0.1, -0.05) is 12.1 Å². The zero-order valence-corrected chi connectivity index (χ0v) is 9.28. The van der Waals surface area contributed by atoms with E-state index in [1.165, 1.54) is 0 Å². The maximum atomic E-state index is 9.44. The number of pyridine rings is 1. The monoisotopic (exact) mass is 236 g/mol. The van der Waals surface area contributed by atoms with Crippen LogP contribution in [0.1, 0.15) is 5.56 Å². The number of nitriles is 1. The van der Waals surface area contributed by atoms with Crippen molar-refractivity contribution in [2.75, 3.05) is 0 Å². The van der Waals surface area contributed by atoms with Crippen LogP contribution in [0.3, 0.4) is 0 Å². The fraction of sp³-hybridized carbons (Fsp3) is 0. The average molecular weight is 236 g/mol. The number of hydrogen-bond acceptors (Lipinski definition) is 4. The third-order valence-electron chi connectivity index (χ3n) is 2.59. The van der Waals surface area contributed by atoms with Crippen LogP contribution in [0.4, 0.5) is 0 Å². The molecule has 3 aromatic rings. The van der Waals surface area contributed by atoms with Gasteiger partial charge in [0, 0.05) is 11.8 Å². The molecule has 2 heterocycles. The van der Waals surface area contributed by atoms with E-state index >= 15 is 0 Å². The molecule has 5 heteroatoms. The second-order valence-electron chi connectivity index (χ2n) is 3.79. The molecule has 0 saturated heterocycles. The van der Waals surface area contributed by atoms with E-state index < -0.39 is 0 Å². The Morgan fingerprint density at radius 2 is 2.11 bits per heavy atom. The zero-order chi connectivity index (χ0) is 12.5. The Labute approximate surface area is 103 Å². The van der Waals surface area contributed by atoms with Crippen molar-refractivity contribution in [3.05, 3.63) is 48.2 Å². The molecule has 86 valence electrons. The van der Waals surface area contributed by atoms with E-state index in [-0.39, 0.29) is 5.75 Å². The summed E-state index contributed by atoms with van der Waals surface area (Å²) in [7, 11) is 0. The van der Waals surface area contributed by atoms with Crippen molar-refractivity contribution in [2.45, 2.75) is 0 Å². The van der Waals surface area contributed by atoms with Crippen molar-refractivity contribution >= 4 is 5.65 Å². The molecule has 0 spiro atoms. The van der Waals surface area contributed by atoms with Crippen molar-refractivity contribution < 1.29 is 5.11 Å². The highest BCUT2D eigenvalue weighted by atomic mass is 16.3. The number of phenolic OH excluding ortho intramolecular Hbond substituents is 1. The van der Waals surface area contributed by atoms with Crippen LogP contribution in [0.15, 0.2) is 42.6 Å². The van der Waals surface area contributed by atoms with Gasteiger partial charge in [-0.2, -0.15) is 5.26 Å². The molecule has 5 nitrogen and oxygen atoms in total. The highest BCUT2D eigenvalue weighted by molar-refractivity contribution is 5.63. The molecule has 2 aromatic heterocycles. The molecule has 0 radical (unpaired) electrons. The summed E-state index contributed by atoms with van der Waals surface area (Å²) in [5.41, 5.74) is 1.69. The summed E-state index contributed by atoms with van der Waals surface area (Å²) in [6.07, 6.45) is 1.73. The van der Waals surface area contributed by atoms with Crippen LogP contribution in [-0.4, -0.2) is 19.7 Å². The number of hydrogen-bond donors (Lipinski definition) is 1.